The molecule has 31 heavy (non-hydrogen) atoms. The highest BCUT2D eigenvalue weighted by atomic mass is 16.5. The van der Waals surface area contributed by atoms with Crippen LogP contribution in [0.15, 0.2) is 36.7 Å². The summed E-state index contributed by atoms with van der Waals surface area (Å²) in [5, 5.41) is 19.4. The second kappa shape index (κ2) is 7.34. The molecule has 1 saturated carbocycles. The molecular formula is C24H24N4O3. The molecule has 4 aromatic rings. The second-order valence-electron chi connectivity index (χ2n) is 8.62. The zero-order valence-corrected chi connectivity index (χ0v) is 17.7. The summed E-state index contributed by atoms with van der Waals surface area (Å²) in [6.45, 7) is 6.22. The van der Waals surface area contributed by atoms with E-state index in [0.717, 1.165) is 44.2 Å². The molecule has 0 aliphatic heterocycles. The monoisotopic (exact) mass is 416 g/mol. The van der Waals surface area contributed by atoms with Gasteiger partial charge in [0.15, 0.2) is 0 Å². The van der Waals surface area contributed by atoms with Crippen LogP contribution in [-0.4, -0.2) is 37.3 Å². The lowest BCUT2D eigenvalue weighted by Gasteiger charge is -2.32. The van der Waals surface area contributed by atoms with E-state index in [2.05, 4.69) is 41.2 Å². The first kappa shape index (κ1) is 19.5. The van der Waals surface area contributed by atoms with Gasteiger partial charge >= 0.3 is 5.97 Å². The molecular weight excluding hydrogens is 392 g/mol. The van der Waals surface area contributed by atoms with Gasteiger partial charge in [-0.3, -0.25) is 14.9 Å². The van der Waals surface area contributed by atoms with Gasteiger partial charge in [0.05, 0.1) is 23.3 Å². The topological polar surface area (TPSA) is 101 Å². The fourth-order valence-electron chi connectivity index (χ4n) is 4.27. The summed E-state index contributed by atoms with van der Waals surface area (Å²) in [5.74, 6) is -0.371. The third-order valence-corrected chi connectivity index (χ3v) is 6.01. The van der Waals surface area contributed by atoms with Crippen molar-refractivity contribution in [3.05, 3.63) is 48.0 Å². The molecule has 0 bridgehead atoms. The molecule has 1 aromatic carbocycles. The molecule has 1 aliphatic rings. The number of carbonyl (C=O) groups is 1. The van der Waals surface area contributed by atoms with E-state index in [9.17, 15) is 9.90 Å². The van der Waals surface area contributed by atoms with Crippen LogP contribution in [0, 0.1) is 12.8 Å². The van der Waals surface area contributed by atoms with Crippen LogP contribution in [0.1, 0.15) is 44.0 Å². The van der Waals surface area contributed by atoms with Gasteiger partial charge in [-0.05, 0) is 60.9 Å². The Labute approximate surface area is 179 Å². The van der Waals surface area contributed by atoms with E-state index < -0.39 is 5.97 Å². The standard InChI is InChI=1S/C24H24N4O3/c1-12(2)22-21(14-4-5-25-13(3)6-14)18-9-16-11-26-28-20(16)10-19(18)23(27-22)31-17-7-15(8-17)24(29)30/h4-6,9-12,15,17H,7-8H2,1-3H3,(H,26,28)(H,29,30)/t15-,17-. The van der Waals surface area contributed by atoms with Crippen molar-refractivity contribution in [1.82, 2.24) is 20.2 Å². The molecule has 158 valence electrons. The van der Waals surface area contributed by atoms with Crippen molar-refractivity contribution in [3.63, 3.8) is 0 Å². The van der Waals surface area contributed by atoms with Crippen LogP contribution in [0.25, 0.3) is 32.8 Å². The minimum absolute atomic E-state index is 0.136. The Morgan fingerprint density at radius 1 is 1.23 bits per heavy atom. The Morgan fingerprint density at radius 2 is 2.03 bits per heavy atom. The second-order valence-corrected chi connectivity index (χ2v) is 8.62. The van der Waals surface area contributed by atoms with E-state index in [1.54, 1.807) is 0 Å². The Bertz CT molecular complexity index is 1310. The van der Waals surface area contributed by atoms with Crippen molar-refractivity contribution in [2.75, 3.05) is 0 Å². The quantitative estimate of drug-likeness (QED) is 0.482. The Kier molecular flexibility index (Phi) is 4.61. The molecule has 3 aromatic heterocycles. The van der Waals surface area contributed by atoms with E-state index >= 15 is 0 Å². The average molecular weight is 416 g/mol. The van der Waals surface area contributed by atoms with Crippen LogP contribution < -0.4 is 4.74 Å². The predicted octanol–water partition coefficient (Wildman–Crippen LogP) is 4.85. The molecule has 1 fully saturated rings. The molecule has 0 radical (unpaired) electrons. The van der Waals surface area contributed by atoms with Gasteiger partial charge in [-0.15, -0.1) is 0 Å². The molecule has 2 N–H and O–H groups in total. The molecule has 0 amide bonds. The highest BCUT2D eigenvalue weighted by molar-refractivity contribution is 6.06. The highest BCUT2D eigenvalue weighted by Crippen LogP contribution is 2.42. The zero-order chi connectivity index (χ0) is 21.7. The van der Waals surface area contributed by atoms with Gasteiger partial charge in [-0.25, -0.2) is 4.98 Å². The minimum Gasteiger partial charge on any atom is -0.481 e. The lowest BCUT2D eigenvalue weighted by Crippen LogP contribution is -2.38. The SMILES string of the molecule is Cc1cc(-c2c(C(C)C)nc(O[C@H]3C[C@H](C(=O)O)C3)c3cc4[nH]ncc4cc23)ccn1. The lowest BCUT2D eigenvalue weighted by atomic mass is 9.82. The smallest absolute Gasteiger partial charge is 0.306 e. The summed E-state index contributed by atoms with van der Waals surface area (Å²) in [4.78, 5) is 20.5. The maximum atomic E-state index is 11.2. The Balaban J connectivity index is 1.72. The van der Waals surface area contributed by atoms with E-state index in [0.29, 0.717) is 18.7 Å². The number of fused-ring (bicyclic) bond motifs is 2. The maximum Gasteiger partial charge on any atom is 0.306 e. The van der Waals surface area contributed by atoms with E-state index in [1.165, 1.54) is 0 Å². The number of pyridine rings is 2. The van der Waals surface area contributed by atoms with Gasteiger partial charge in [0, 0.05) is 28.2 Å². The molecule has 0 unspecified atom stereocenters. The van der Waals surface area contributed by atoms with Gasteiger partial charge in [0.25, 0.3) is 0 Å². The molecule has 1 aliphatic carbocycles. The number of nitrogens with one attached hydrogen (secondary N) is 1. The minimum atomic E-state index is -0.761. The predicted molar refractivity (Wildman–Crippen MR) is 118 cm³/mol. The van der Waals surface area contributed by atoms with E-state index in [4.69, 9.17) is 9.72 Å². The van der Waals surface area contributed by atoms with Crippen molar-refractivity contribution in [2.24, 2.45) is 5.92 Å². The number of carboxylic acid groups (broad SMARTS) is 1. The van der Waals surface area contributed by atoms with Crippen molar-refractivity contribution in [3.8, 4) is 17.0 Å². The highest BCUT2D eigenvalue weighted by Gasteiger charge is 2.37. The fraction of sp³-hybridized carbons (Fsp3) is 0.333. The number of hydrogen-bond donors (Lipinski definition) is 2. The number of carboxylic acids is 1. The van der Waals surface area contributed by atoms with Crippen LogP contribution in [0.3, 0.4) is 0 Å². The number of H-pyrrole nitrogens is 1. The van der Waals surface area contributed by atoms with E-state index in [1.807, 2.05) is 31.5 Å². The van der Waals surface area contributed by atoms with Crippen LogP contribution in [0.5, 0.6) is 5.88 Å². The summed E-state index contributed by atoms with van der Waals surface area (Å²) in [6.07, 6.45) is 4.51. The van der Waals surface area contributed by atoms with Crippen LogP contribution >= 0.6 is 0 Å². The summed E-state index contributed by atoms with van der Waals surface area (Å²) in [5.41, 5.74) is 4.94. The van der Waals surface area contributed by atoms with Gasteiger partial charge in [-0.2, -0.15) is 5.10 Å². The number of aromatic amines is 1. The first-order valence-corrected chi connectivity index (χ1v) is 10.5. The molecule has 3 heterocycles. The fourth-order valence-corrected chi connectivity index (χ4v) is 4.27. The van der Waals surface area contributed by atoms with E-state index in [-0.39, 0.29) is 17.9 Å². The number of aryl methyl sites for hydroxylation is 1. The molecule has 5 rings (SSSR count). The van der Waals surface area contributed by atoms with Gasteiger partial charge in [0.2, 0.25) is 5.88 Å². The Morgan fingerprint density at radius 3 is 2.74 bits per heavy atom. The number of nitrogens with zero attached hydrogens (tertiary/aromatic N) is 3. The Hall–Kier alpha value is -3.48. The van der Waals surface area contributed by atoms with Crippen LogP contribution in [0.2, 0.25) is 0 Å². The first-order valence-electron chi connectivity index (χ1n) is 10.5. The third-order valence-electron chi connectivity index (χ3n) is 6.01. The zero-order valence-electron chi connectivity index (χ0n) is 17.7. The molecule has 0 spiro atoms. The third kappa shape index (κ3) is 3.40. The van der Waals surface area contributed by atoms with Gasteiger partial charge < -0.3 is 9.84 Å². The summed E-state index contributed by atoms with van der Waals surface area (Å²) < 4.78 is 6.25. The number of benzene rings is 1. The van der Waals surface area contributed by atoms with Crippen molar-refractivity contribution < 1.29 is 14.6 Å². The van der Waals surface area contributed by atoms with Crippen molar-refractivity contribution in [2.45, 2.75) is 45.6 Å². The number of hydrogen-bond acceptors (Lipinski definition) is 5. The summed E-state index contributed by atoms with van der Waals surface area (Å²) >= 11 is 0. The molecule has 0 saturated heterocycles. The normalized spacial score (nSPS) is 18.5. The number of aromatic nitrogens is 4. The average Bonchev–Trinajstić information content (AvgIpc) is 3.15. The van der Waals surface area contributed by atoms with Crippen molar-refractivity contribution in [1.29, 1.82) is 0 Å². The summed E-state index contributed by atoms with van der Waals surface area (Å²) in [6, 6.07) is 8.24. The lowest BCUT2D eigenvalue weighted by molar-refractivity contribution is -0.148. The number of aliphatic carboxylic acids is 1. The first-order chi connectivity index (χ1) is 14.9. The summed E-state index contributed by atoms with van der Waals surface area (Å²) in [7, 11) is 0. The van der Waals surface area contributed by atoms with Crippen molar-refractivity contribution >= 4 is 27.6 Å². The molecule has 7 nitrogen and oxygen atoms in total. The van der Waals surface area contributed by atoms with Crippen LogP contribution in [0.4, 0.5) is 0 Å². The molecule has 7 heteroatoms. The largest absolute Gasteiger partial charge is 0.481 e. The van der Waals surface area contributed by atoms with Gasteiger partial charge in [-0.1, -0.05) is 13.8 Å². The molecule has 0 atom stereocenters. The maximum absolute atomic E-state index is 11.2. The number of ether oxygens (including phenoxy) is 1. The van der Waals surface area contributed by atoms with Crippen LogP contribution in [-0.2, 0) is 4.79 Å². The van der Waals surface area contributed by atoms with Gasteiger partial charge in [0.1, 0.15) is 6.10 Å². The number of rotatable bonds is 5.